The zero-order valence-electron chi connectivity index (χ0n) is 11.4. The molecule has 0 spiro atoms. The molecule has 0 saturated carbocycles. The summed E-state index contributed by atoms with van der Waals surface area (Å²) in [5, 5.41) is 2.89. The van der Waals surface area contributed by atoms with Crippen molar-refractivity contribution in [2.75, 3.05) is 18.1 Å². The van der Waals surface area contributed by atoms with Gasteiger partial charge in [0.25, 0.3) is 0 Å². The Bertz CT molecular complexity index is 628. The quantitative estimate of drug-likeness (QED) is 0.865. The Morgan fingerprint density at radius 2 is 2.20 bits per heavy atom. The Labute approximate surface area is 117 Å². The molecule has 104 valence electrons. The first-order valence-electron chi connectivity index (χ1n) is 6.15. The minimum atomic E-state index is 0.0535. The monoisotopic (exact) mass is 272 g/mol. The van der Waals surface area contributed by atoms with Crippen LogP contribution in [0, 0.1) is 0 Å². The third-order valence-corrected chi connectivity index (χ3v) is 2.58. The van der Waals surface area contributed by atoms with E-state index in [4.69, 9.17) is 10.5 Å². The van der Waals surface area contributed by atoms with Crippen LogP contribution in [0.5, 0.6) is 11.6 Å². The van der Waals surface area contributed by atoms with E-state index in [0.717, 1.165) is 0 Å². The van der Waals surface area contributed by atoms with Gasteiger partial charge in [-0.3, -0.25) is 9.78 Å². The normalized spacial score (nSPS) is 10.1. The minimum absolute atomic E-state index is 0.0535. The van der Waals surface area contributed by atoms with Gasteiger partial charge in [-0.15, -0.1) is 0 Å². The summed E-state index contributed by atoms with van der Waals surface area (Å²) in [5.74, 6) is 1.61. The lowest BCUT2D eigenvalue weighted by molar-refractivity contribution is -0.116. The van der Waals surface area contributed by atoms with Crippen LogP contribution in [-0.2, 0) is 11.2 Å². The van der Waals surface area contributed by atoms with E-state index in [0.29, 0.717) is 28.8 Å². The summed E-state index contributed by atoms with van der Waals surface area (Å²) in [4.78, 5) is 19.4. The molecule has 6 heteroatoms. The molecule has 2 heterocycles. The molecule has 0 aliphatic carbocycles. The molecule has 0 aliphatic heterocycles. The first-order valence-corrected chi connectivity index (χ1v) is 6.15. The Morgan fingerprint density at radius 3 is 2.90 bits per heavy atom. The van der Waals surface area contributed by atoms with E-state index >= 15 is 0 Å². The fourth-order valence-electron chi connectivity index (χ4n) is 1.70. The molecule has 0 unspecified atom stereocenters. The summed E-state index contributed by atoms with van der Waals surface area (Å²) in [7, 11) is 1.74. The number of hydrogen-bond acceptors (Lipinski definition) is 6. The number of nitrogens with zero attached hydrogens (tertiary/aromatic N) is 2. The SMILES string of the molecule is CNc1nc(Oc2ccnc(CC(C)=O)c2)ccc1N. The Hall–Kier alpha value is -2.63. The van der Waals surface area contributed by atoms with E-state index in [1.807, 2.05) is 0 Å². The third-order valence-electron chi connectivity index (χ3n) is 2.58. The van der Waals surface area contributed by atoms with Crippen LogP contribution in [0.4, 0.5) is 11.5 Å². The van der Waals surface area contributed by atoms with Gasteiger partial charge in [0.2, 0.25) is 5.88 Å². The molecule has 0 amide bonds. The van der Waals surface area contributed by atoms with Crippen LogP contribution in [0.25, 0.3) is 0 Å². The van der Waals surface area contributed by atoms with Gasteiger partial charge in [-0.1, -0.05) is 0 Å². The van der Waals surface area contributed by atoms with Gasteiger partial charge >= 0.3 is 0 Å². The van der Waals surface area contributed by atoms with Crippen molar-refractivity contribution in [2.24, 2.45) is 0 Å². The average Bonchev–Trinajstić information content (AvgIpc) is 2.40. The van der Waals surface area contributed by atoms with E-state index in [1.165, 1.54) is 6.92 Å². The molecule has 0 saturated heterocycles. The Balaban J connectivity index is 2.19. The van der Waals surface area contributed by atoms with Crippen LogP contribution < -0.4 is 15.8 Å². The molecule has 0 atom stereocenters. The van der Waals surface area contributed by atoms with Crippen molar-refractivity contribution in [3.05, 3.63) is 36.2 Å². The number of nitrogens with one attached hydrogen (secondary N) is 1. The molecule has 2 aromatic rings. The number of ether oxygens (including phenoxy) is 1. The zero-order chi connectivity index (χ0) is 14.5. The van der Waals surface area contributed by atoms with Gasteiger partial charge in [0, 0.05) is 31.8 Å². The number of pyridine rings is 2. The maximum atomic E-state index is 11.1. The molecular weight excluding hydrogens is 256 g/mol. The minimum Gasteiger partial charge on any atom is -0.439 e. The highest BCUT2D eigenvalue weighted by atomic mass is 16.5. The van der Waals surface area contributed by atoms with Crippen molar-refractivity contribution >= 4 is 17.3 Å². The van der Waals surface area contributed by atoms with Crippen LogP contribution in [0.15, 0.2) is 30.5 Å². The predicted molar refractivity (Wildman–Crippen MR) is 76.9 cm³/mol. The molecule has 3 N–H and O–H groups in total. The second-order valence-electron chi connectivity index (χ2n) is 4.30. The fraction of sp³-hybridized carbons (Fsp3) is 0.214. The number of carbonyl (C=O) groups is 1. The van der Waals surface area contributed by atoms with Crippen molar-refractivity contribution in [1.29, 1.82) is 0 Å². The first-order chi connectivity index (χ1) is 9.58. The van der Waals surface area contributed by atoms with Gasteiger partial charge in [0.1, 0.15) is 11.5 Å². The topological polar surface area (TPSA) is 90.1 Å². The van der Waals surface area contributed by atoms with E-state index in [9.17, 15) is 4.79 Å². The molecule has 6 nitrogen and oxygen atoms in total. The molecule has 0 aromatic carbocycles. The second-order valence-corrected chi connectivity index (χ2v) is 4.30. The number of nitrogens with two attached hydrogens (primary N) is 1. The van der Waals surface area contributed by atoms with Gasteiger partial charge in [-0.2, -0.15) is 4.98 Å². The largest absolute Gasteiger partial charge is 0.439 e. The first kappa shape index (κ1) is 13.8. The van der Waals surface area contributed by atoms with E-state index in [1.54, 1.807) is 37.5 Å². The van der Waals surface area contributed by atoms with Gasteiger partial charge in [-0.05, 0) is 19.1 Å². The maximum Gasteiger partial charge on any atom is 0.221 e. The summed E-state index contributed by atoms with van der Waals surface area (Å²) >= 11 is 0. The smallest absolute Gasteiger partial charge is 0.221 e. The number of ketones is 1. The summed E-state index contributed by atoms with van der Waals surface area (Å²) in [6.45, 7) is 1.52. The lowest BCUT2D eigenvalue weighted by atomic mass is 10.2. The lowest BCUT2D eigenvalue weighted by Gasteiger charge is -2.09. The van der Waals surface area contributed by atoms with Gasteiger partial charge < -0.3 is 15.8 Å². The number of hydrogen-bond donors (Lipinski definition) is 2. The molecule has 20 heavy (non-hydrogen) atoms. The van der Waals surface area contributed by atoms with E-state index in [-0.39, 0.29) is 12.2 Å². The van der Waals surface area contributed by atoms with Crippen molar-refractivity contribution in [3.8, 4) is 11.6 Å². The molecule has 0 fully saturated rings. The highest BCUT2D eigenvalue weighted by Gasteiger charge is 2.05. The molecular formula is C14H16N4O2. The van der Waals surface area contributed by atoms with Crippen LogP contribution in [0.3, 0.4) is 0 Å². The van der Waals surface area contributed by atoms with Crippen LogP contribution in [0.2, 0.25) is 0 Å². The maximum absolute atomic E-state index is 11.1. The van der Waals surface area contributed by atoms with Crippen LogP contribution in [-0.4, -0.2) is 22.8 Å². The molecule has 2 aromatic heterocycles. The van der Waals surface area contributed by atoms with Gasteiger partial charge in [0.05, 0.1) is 11.4 Å². The molecule has 0 bridgehead atoms. The molecule has 2 rings (SSSR count). The second kappa shape index (κ2) is 6.01. The number of aromatic nitrogens is 2. The van der Waals surface area contributed by atoms with Gasteiger partial charge in [-0.25, -0.2) is 0 Å². The summed E-state index contributed by atoms with van der Waals surface area (Å²) in [6, 6.07) is 6.83. The third kappa shape index (κ3) is 3.44. The van der Waals surface area contributed by atoms with Crippen LogP contribution in [0.1, 0.15) is 12.6 Å². The van der Waals surface area contributed by atoms with Crippen molar-refractivity contribution in [1.82, 2.24) is 9.97 Å². The van der Waals surface area contributed by atoms with Crippen molar-refractivity contribution in [3.63, 3.8) is 0 Å². The van der Waals surface area contributed by atoms with Gasteiger partial charge in [0.15, 0.2) is 5.82 Å². The number of rotatable bonds is 5. The highest BCUT2D eigenvalue weighted by molar-refractivity contribution is 5.77. The number of nitrogen functional groups attached to an aromatic ring is 1. The Morgan fingerprint density at radius 1 is 1.40 bits per heavy atom. The van der Waals surface area contributed by atoms with E-state index < -0.39 is 0 Å². The lowest BCUT2D eigenvalue weighted by Crippen LogP contribution is -2.01. The number of anilines is 2. The highest BCUT2D eigenvalue weighted by Crippen LogP contribution is 2.24. The van der Waals surface area contributed by atoms with Crippen LogP contribution >= 0.6 is 0 Å². The van der Waals surface area contributed by atoms with Crippen molar-refractivity contribution in [2.45, 2.75) is 13.3 Å². The van der Waals surface area contributed by atoms with E-state index in [2.05, 4.69) is 15.3 Å². The summed E-state index contributed by atoms with van der Waals surface area (Å²) in [5.41, 5.74) is 6.96. The standard InChI is InChI=1S/C14H16N4O2/c1-9(19)7-10-8-11(5-6-17-10)20-13-4-3-12(15)14(16-2)18-13/h3-6,8H,7,15H2,1-2H3,(H,16,18). The number of Topliss-reactive ketones (excluding diaryl/α,β-unsaturated/α-hetero) is 1. The summed E-state index contributed by atoms with van der Waals surface area (Å²) < 4.78 is 5.64. The Kier molecular flexibility index (Phi) is 4.14. The van der Waals surface area contributed by atoms with Crippen molar-refractivity contribution < 1.29 is 9.53 Å². The fourth-order valence-corrected chi connectivity index (χ4v) is 1.70. The predicted octanol–water partition coefficient (Wildman–Crippen LogP) is 2.02. The number of carbonyl (C=O) groups excluding carboxylic acids is 1. The average molecular weight is 272 g/mol. The zero-order valence-corrected chi connectivity index (χ0v) is 11.4. The molecule has 0 aliphatic rings. The summed E-state index contributed by atoms with van der Waals surface area (Å²) in [6.07, 6.45) is 1.89. The molecule has 0 radical (unpaired) electrons.